The standard InChI is InChI=1S/C7H15N3O/c1-9-5-2-3-6(7(8)11)10-4-5/h5-6,9-10H,2-4H2,1H3,(H2,8,11)/t5-,6+/m1/s1. The fourth-order valence-corrected chi connectivity index (χ4v) is 1.35. The van der Waals surface area contributed by atoms with E-state index < -0.39 is 0 Å². The molecule has 1 heterocycles. The lowest BCUT2D eigenvalue weighted by atomic mass is 10.0. The van der Waals surface area contributed by atoms with Crippen molar-refractivity contribution in [2.75, 3.05) is 13.6 Å². The minimum absolute atomic E-state index is 0.111. The van der Waals surface area contributed by atoms with Gasteiger partial charge in [0.2, 0.25) is 5.91 Å². The van der Waals surface area contributed by atoms with Gasteiger partial charge in [-0.05, 0) is 19.9 Å². The van der Waals surface area contributed by atoms with Crippen LogP contribution in [0.2, 0.25) is 0 Å². The van der Waals surface area contributed by atoms with Gasteiger partial charge in [0.25, 0.3) is 0 Å². The first-order chi connectivity index (χ1) is 5.24. The lowest BCUT2D eigenvalue weighted by molar-refractivity contribution is -0.120. The molecule has 2 atom stereocenters. The number of carbonyl (C=O) groups is 1. The summed E-state index contributed by atoms with van der Waals surface area (Å²) in [5.74, 6) is -0.237. The largest absolute Gasteiger partial charge is 0.368 e. The van der Waals surface area contributed by atoms with Gasteiger partial charge in [-0.2, -0.15) is 0 Å². The van der Waals surface area contributed by atoms with E-state index in [9.17, 15) is 4.79 Å². The summed E-state index contributed by atoms with van der Waals surface area (Å²) >= 11 is 0. The normalized spacial score (nSPS) is 31.7. The molecule has 4 N–H and O–H groups in total. The van der Waals surface area contributed by atoms with Gasteiger partial charge in [0.1, 0.15) is 0 Å². The van der Waals surface area contributed by atoms with Gasteiger partial charge in [-0.15, -0.1) is 0 Å². The molecule has 1 fully saturated rings. The minimum atomic E-state index is -0.237. The van der Waals surface area contributed by atoms with Crippen LogP contribution in [0.3, 0.4) is 0 Å². The molecule has 11 heavy (non-hydrogen) atoms. The molecule has 0 saturated carbocycles. The van der Waals surface area contributed by atoms with Crippen LogP contribution in [0.4, 0.5) is 0 Å². The quantitative estimate of drug-likeness (QED) is 0.472. The van der Waals surface area contributed by atoms with E-state index in [0.717, 1.165) is 19.4 Å². The van der Waals surface area contributed by atoms with Crippen molar-refractivity contribution in [2.24, 2.45) is 5.73 Å². The van der Waals surface area contributed by atoms with Crippen LogP contribution in [0, 0.1) is 0 Å². The highest BCUT2D eigenvalue weighted by atomic mass is 16.1. The SMILES string of the molecule is CN[C@@H]1CC[C@@H](C(N)=O)NC1. The zero-order valence-corrected chi connectivity index (χ0v) is 6.76. The van der Waals surface area contributed by atoms with Gasteiger partial charge in [0.05, 0.1) is 6.04 Å². The van der Waals surface area contributed by atoms with Gasteiger partial charge >= 0.3 is 0 Å². The molecule has 4 heteroatoms. The maximum atomic E-state index is 10.7. The van der Waals surface area contributed by atoms with Crippen LogP contribution in [0.5, 0.6) is 0 Å². The number of primary amides is 1. The minimum Gasteiger partial charge on any atom is -0.368 e. The molecule has 1 saturated heterocycles. The number of hydrogen-bond acceptors (Lipinski definition) is 3. The van der Waals surface area contributed by atoms with Gasteiger partial charge < -0.3 is 16.4 Å². The number of likely N-dealkylation sites (N-methyl/N-ethyl adjacent to an activating group) is 1. The summed E-state index contributed by atoms with van der Waals surface area (Å²) in [6, 6.07) is 0.380. The fourth-order valence-electron chi connectivity index (χ4n) is 1.35. The highest BCUT2D eigenvalue weighted by molar-refractivity contribution is 5.79. The van der Waals surface area contributed by atoms with Crippen molar-refractivity contribution in [3.63, 3.8) is 0 Å². The van der Waals surface area contributed by atoms with Crippen molar-refractivity contribution in [1.82, 2.24) is 10.6 Å². The number of nitrogens with two attached hydrogens (primary N) is 1. The Balaban J connectivity index is 2.30. The molecule has 1 aliphatic heterocycles. The summed E-state index contributed by atoms with van der Waals surface area (Å²) in [5.41, 5.74) is 5.13. The van der Waals surface area contributed by atoms with Crippen LogP contribution in [0.25, 0.3) is 0 Å². The number of carbonyl (C=O) groups excluding carboxylic acids is 1. The fraction of sp³-hybridized carbons (Fsp3) is 0.857. The number of nitrogens with one attached hydrogen (secondary N) is 2. The van der Waals surface area contributed by atoms with Gasteiger partial charge in [-0.25, -0.2) is 0 Å². The van der Waals surface area contributed by atoms with E-state index >= 15 is 0 Å². The highest BCUT2D eigenvalue weighted by Crippen LogP contribution is 2.06. The van der Waals surface area contributed by atoms with Gasteiger partial charge in [-0.1, -0.05) is 0 Å². The summed E-state index contributed by atoms with van der Waals surface area (Å²) in [5, 5.41) is 6.23. The summed E-state index contributed by atoms with van der Waals surface area (Å²) < 4.78 is 0. The molecule has 1 amide bonds. The lowest BCUT2D eigenvalue weighted by Gasteiger charge is -2.27. The lowest BCUT2D eigenvalue weighted by Crippen LogP contribution is -2.51. The predicted octanol–water partition coefficient (Wildman–Crippen LogP) is -1.19. The average Bonchev–Trinajstić information content (AvgIpc) is 2.05. The van der Waals surface area contributed by atoms with Crippen molar-refractivity contribution >= 4 is 5.91 Å². The van der Waals surface area contributed by atoms with Gasteiger partial charge in [0.15, 0.2) is 0 Å². The maximum absolute atomic E-state index is 10.7. The summed E-state index contributed by atoms with van der Waals surface area (Å²) in [4.78, 5) is 10.7. The summed E-state index contributed by atoms with van der Waals surface area (Å²) in [6.07, 6.45) is 1.87. The Morgan fingerprint density at radius 3 is 2.73 bits per heavy atom. The average molecular weight is 157 g/mol. The molecule has 0 aliphatic carbocycles. The smallest absolute Gasteiger partial charge is 0.234 e. The summed E-state index contributed by atoms with van der Waals surface area (Å²) in [6.45, 7) is 0.837. The van der Waals surface area contributed by atoms with Gasteiger partial charge in [-0.3, -0.25) is 4.79 Å². The Labute approximate surface area is 66.5 Å². The third kappa shape index (κ3) is 2.17. The van der Waals surface area contributed by atoms with E-state index in [0.29, 0.717) is 6.04 Å². The topological polar surface area (TPSA) is 67.1 Å². The Bertz CT molecular complexity index is 141. The van der Waals surface area contributed by atoms with Crippen LogP contribution in [0.15, 0.2) is 0 Å². The second kappa shape index (κ2) is 3.69. The Morgan fingerprint density at radius 2 is 2.36 bits per heavy atom. The number of piperidine rings is 1. The Morgan fingerprint density at radius 1 is 1.64 bits per heavy atom. The first-order valence-electron chi connectivity index (χ1n) is 3.94. The van der Waals surface area contributed by atoms with Crippen molar-refractivity contribution in [1.29, 1.82) is 0 Å². The molecule has 0 radical (unpaired) electrons. The predicted molar refractivity (Wildman–Crippen MR) is 43.1 cm³/mol. The van der Waals surface area contributed by atoms with Crippen molar-refractivity contribution in [3.8, 4) is 0 Å². The molecule has 1 aliphatic rings. The molecular formula is C7H15N3O. The molecule has 64 valence electrons. The zero-order chi connectivity index (χ0) is 8.27. The molecule has 0 aromatic heterocycles. The second-order valence-electron chi connectivity index (χ2n) is 2.93. The molecule has 1 rings (SSSR count). The zero-order valence-electron chi connectivity index (χ0n) is 6.76. The molecule has 4 nitrogen and oxygen atoms in total. The third-order valence-electron chi connectivity index (χ3n) is 2.17. The van der Waals surface area contributed by atoms with Crippen LogP contribution in [-0.2, 0) is 4.79 Å². The van der Waals surface area contributed by atoms with Crippen LogP contribution < -0.4 is 16.4 Å². The molecular weight excluding hydrogens is 142 g/mol. The van der Waals surface area contributed by atoms with E-state index in [1.165, 1.54) is 0 Å². The van der Waals surface area contributed by atoms with E-state index in [2.05, 4.69) is 10.6 Å². The molecule has 0 aromatic carbocycles. The van der Waals surface area contributed by atoms with Crippen LogP contribution >= 0.6 is 0 Å². The van der Waals surface area contributed by atoms with Crippen molar-refractivity contribution in [2.45, 2.75) is 24.9 Å². The molecule has 0 bridgehead atoms. The van der Waals surface area contributed by atoms with Crippen molar-refractivity contribution < 1.29 is 4.79 Å². The third-order valence-corrected chi connectivity index (χ3v) is 2.17. The highest BCUT2D eigenvalue weighted by Gasteiger charge is 2.22. The molecule has 0 unspecified atom stereocenters. The van der Waals surface area contributed by atoms with E-state index in [1.807, 2.05) is 7.05 Å². The van der Waals surface area contributed by atoms with E-state index in [1.54, 1.807) is 0 Å². The number of amides is 1. The van der Waals surface area contributed by atoms with Crippen LogP contribution in [0.1, 0.15) is 12.8 Å². The van der Waals surface area contributed by atoms with Crippen LogP contribution in [-0.4, -0.2) is 31.6 Å². The number of hydrogen-bond donors (Lipinski definition) is 3. The Hall–Kier alpha value is -0.610. The van der Waals surface area contributed by atoms with Crippen molar-refractivity contribution in [3.05, 3.63) is 0 Å². The first-order valence-corrected chi connectivity index (χ1v) is 3.94. The first kappa shape index (κ1) is 8.49. The Kier molecular flexibility index (Phi) is 2.84. The van der Waals surface area contributed by atoms with E-state index in [4.69, 9.17) is 5.73 Å². The number of rotatable bonds is 2. The molecule has 0 spiro atoms. The second-order valence-corrected chi connectivity index (χ2v) is 2.93. The maximum Gasteiger partial charge on any atom is 0.234 e. The monoisotopic (exact) mass is 157 g/mol. The van der Waals surface area contributed by atoms with Gasteiger partial charge in [0, 0.05) is 12.6 Å². The van der Waals surface area contributed by atoms with E-state index in [-0.39, 0.29) is 11.9 Å². The summed E-state index contributed by atoms with van der Waals surface area (Å²) in [7, 11) is 1.93. The molecule has 0 aromatic rings.